The van der Waals surface area contributed by atoms with Crippen molar-refractivity contribution >= 4 is 0 Å². The third kappa shape index (κ3) is 2.19. The topological polar surface area (TPSA) is 62.2 Å². The van der Waals surface area contributed by atoms with Gasteiger partial charge in [-0.25, -0.2) is 0 Å². The quantitative estimate of drug-likeness (QED) is 0.888. The third-order valence-corrected chi connectivity index (χ3v) is 5.20. The van der Waals surface area contributed by atoms with Crippen LogP contribution in [0.15, 0.2) is 24.3 Å². The number of phenolic OH excluding ortho intramolecular Hbond substituents is 2. The molecular formula is C19H21NO4. The van der Waals surface area contributed by atoms with Gasteiger partial charge in [0.2, 0.25) is 0 Å². The standard InChI is InChI=1S/C19H21NO4/c1-23-17-9-13-10-20-6-5-11-3-4-15(21)19(24-2)18(11)14(20)7-12(13)8-16(17)22/h3-4,8-9,14,21-22H,5-7,10H2,1-2H3/t14-/m0/s1. The van der Waals surface area contributed by atoms with Crippen LogP contribution in [-0.2, 0) is 19.4 Å². The van der Waals surface area contributed by atoms with E-state index in [2.05, 4.69) is 4.90 Å². The van der Waals surface area contributed by atoms with Crippen molar-refractivity contribution in [1.82, 2.24) is 4.90 Å². The molecule has 0 aromatic heterocycles. The van der Waals surface area contributed by atoms with Crippen molar-refractivity contribution in [1.29, 1.82) is 0 Å². The second-order valence-corrected chi connectivity index (χ2v) is 6.42. The lowest BCUT2D eigenvalue weighted by Gasteiger charge is -2.42. The van der Waals surface area contributed by atoms with Gasteiger partial charge in [0.1, 0.15) is 0 Å². The Morgan fingerprint density at radius 2 is 1.83 bits per heavy atom. The van der Waals surface area contributed by atoms with Crippen LogP contribution < -0.4 is 9.47 Å². The maximum absolute atomic E-state index is 10.2. The molecule has 0 saturated carbocycles. The SMILES string of the molecule is COc1cc2c(cc1O)C[C@H]1c3c(ccc(O)c3OC)CCN1C2. The zero-order valence-corrected chi connectivity index (χ0v) is 13.9. The monoisotopic (exact) mass is 327 g/mol. The Kier molecular flexibility index (Phi) is 3.53. The summed E-state index contributed by atoms with van der Waals surface area (Å²) < 4.78 is 10.7. The Bertz CT molecular complexity index is 802. The number of nitrogens with zero attached hydrogens (tertiary/aromatic N) is 1. The van der Waals surface area contributed by atoms with E-state index in [1.807, 2.05) is 12.1 Å². The van der Waals surface area contributed by atoms with Gasteiger partial charge in [-0.2, -0.15) is 0 Å². The van der Waals surface area contributed by atoms with E-state index >= 15 is 0 Å². The number of benzene rings is 2. The van der Waals surface area contributed by atoms with Gasteiger partial charge in [0.25, 0.3) is 0 Å². The maximum Gasteiger partial charge on any atom is 0.165 e. The van der Waals surface area contributed by atoms with Crippen molar-refractivity contribution in [3.63, 3.8) is 0 Å². The van der Waals surface area contributed by atoms with E-state index in [-0.39, 0.29) is 17.5 Å². The van der Waals surface area contributed by atoms with Crippen molar-refractivity contribution in [3.8, 4) is 23.0 Å². The molecule has 24 heavy (non-hydrogen) atoms. The Morgan fingerprint density at radius 3 is 2.58 bits per heavy atom. The number of aromatic hydroxyl groups is 2. The summed E-state index contributed by atoms with van der Waals surface area (Å²) in [6, 6.07) is 7.58. The molecule has 2 aliphatic rings. The summed E-state index contributed by atoms with van der Waals surface area (Å²) in [5.41, 5.74) is 4.60. The van der Waals surface area contributed by atoms with Gasteiger partial charge in [-0.15, -0.1) is 0 Å². The van der Waals surface area contributed by atoms with Crippen LogP contribution in [0.2, 0.25) is 0 Å². The molecule has 126 valence electrons. The molecule has 0 amide bonds. The van der Waals surface area contributed by atoms with E-state index in [4.69, 9.17) is 9.47 Å². The van der Waals surface area contributed by atoms with Crippen LogP contribution >= 0.6 is 0 Å². The fourth-order valence-electron chi connectivity index (χ4n) is 4.03. The van der Waals surface area contributed by atoms with Gasteiger partial charge in [0, 0.05) is 24.7 Å². The Hall–Kier alpha value is -2.40. The molecular weight excluding hydrogens is 306 g/mol. The molecule has 1 atom stereocenters. The van der Waals surface area contributed by atoms with Crippen molar-refractivity contribution in [2.75, 3.05) is 20.8 Å². The lowest BCUT2D eigenvalue weighted by molar-refractivity contribution is 0.156. The number of hydrogen-bond acceptors (Lipinski definition) is 5. The minimum atomic E-state index is 0.149. The van der Waals surface area contributed by atoms with Crippen LogP contribution in [-0.4, -0.2) is 35.9 Å². The van der Waals surface area contributed by atoms with Crippen LogP contribution in [0, 0.1) is 0 Å². The van der Waals surface area contributed by atoms with Gasteiger partial charge in [0.05, 0.1) is 14.2 Å². The smallest absolute Gasteiger partial charge is 0.165 e. The lowest BCUT2D eigenvalue weighted by atomic mass is 9.83. The molecule has 0 fully saturated rings. The van der Waals surface area contributed by atoms with E-state index < -0.39 is 0 Å². The molecule has 2 aliphatic heterocycles. The van der Waals surface area contributed by atoms with Gasteiger partial charge in [0.15, 0.2) is 23.0 Å². The highest BCUT2D eigenvalue weighted by molar-refractivity contribution is 5.55. The zero-order chi connectivity index (χ0) is 16.8. The highest BCUT2D eigenvalue weighted by Gasteiger charge is 2.35. The molecule has 2 aromatic rings. The number of rotatable bonds is 2. The van der Waals surface area contributed by atoms with Crippen LogP contribution in [0.1, 0.15) is 28.3 Å². The average Bonchev–Trinajstić information content (AvgIpc) is 2.59. The third-order valence-electron chi connectivity index (χ3n) is 5.20. The first-order valence-corrected chi connectivity index (χ1v) is 8.14. The largest absolute Gasteiger partial charge is 0.504 e. The highest BCUT2D eigenvalue weighted by Crippen LogP contribution is 2.46. The molecule has 2 N–H and O–H groups in total. The van der Waals surface area contributed by atoms with E-state index in [1.54, 1.807) is 26.4 Å². The highest BCUT2D eigenvalue weighted by atomic mass is 16.5. The molecule has 0 spiro atoms. The van der Waals surface area contributed by atoms with Gasteiger partial charge in [-0.1, -0.05) is 6.07 Å². The number of ether oxygens (including phenoxy) is 2. The second kappa shape index (κ2) is 5.60. The van der Waals surface area contributed by atoms with E-state index in [0.717, 1.165) is 37.1 Å². The van der Waals surface area contributed by atoms with Crippen molar-refractivity contribution in [2.45, 2.75) is 25.4 Å². The molecule has 4 rings (SSSR count). The number of hydrogen-bond donors (Lipinski definition) is 2. The summed E-state index contributed by atoms with van der Waals surface area (Å²) in [5.74, 6) is 1.44. The first-order valence-electron chi connectivity index (χ1n) is 8.14. The molecule has 0 radical (unpaired) electrons. The predicted octanol–water partition coefficient (Wildman–Crippen LogP) is 2.77. The fourth-order valence-corrected chi connectivity index (χ4v) is 4.03. The number of phenols is 2. The van der Waals surface area contributed by atoms with Gasteiger partial charge in [-0.3, -0.25) is 4.90 Å². The van der Waals surface area contributed by atoms with Crippen molar-refractivity contribution in [2.24, 2.45) is 0 Å². The predicted molar refractivity (Wildman–Crippen MR) is 89.9 cm³/mol. The Balaban J connectivity index is 1.80. The summed E-state index contributed by atoms with van der Waals surface area (Å²) >= 11 is 0. The molecule has 2 aromatic carbocycles. The minimum absolute atomic E-state index is 0.149. The van der Waals surface area contributed by atoms with Crippen LogP contribution in [0.5, 0.6) is 23.0 Å². The second-order valence-electron chi connectivity index (χ2n) is 6.42. The Labute approximate surface area is 141 Å². The van der Waals surface area contributed by atoms with E-state index in [0.29, 0.717) is 11.5 Å². The summed E-state index contributed by atoms with van der Waals surface area (Å²) in [7, 11) is 3.17. The van der Waals surface area contributed by atoms with E-state index in [9.17, 15) is 10.2 Å². The summed E-state index contributed by atoms with van der Waals surface area (Å²) in [6.45, 7) is 1.77. The van der Waals surface area contributed by atoms with Crippen LogP contribution in [0.4, 0.5) is 0 Å². The van der Waals surface area contributed by atoms with Crippen LogP contribution in [0.3, 0.4) is 0 Å². The van der Waals surface area contributed by atoms with Gasteiger partial charge in [-0.05, 0) is 47.7 Å². The molecule has 5 heteroatoms. The van der Waals surface area contributed by atoms with Crippen molar-refractivity contribution < 1.29 is 19.7 Å². The van der Waals surface area contributed by atoms with E-state index in [1.165, 1.54) is 11.1 Å². The maximum atomic E-state index is 10.2. The summed E-state index contributed by atoms with van der Waals surface area (Å²) in [6.07, 6.45) is 1.72. The minimum Gasteiger partial charge on any atom is -0.504 e. The Morgan fingerprint density at radius 1 is 1.00 bits per heavy atom. The number of methoxy groups -OCH3 is 2. The molecule has 0 bridgehead atoms. The molecule has 2 heterocycles. The first kappa shape index (κ1) is 15.1. The normalized spacial score (nSPS) is 19.2. The first-order chi connectivity index (χ1) is 11.6. The summed E-state index contributed by atoms with van der Waals surface area (Å²) in [4.78, 5) is 2.41. The van der Waals surface area contributed by atoms with Crippen LogP contribution in [0.25, 0.3) is 0 Å². The zero-order valence-electron chi connectivity index (χ0n) is 13.9. The molecule has 5 nitrogen and oxygen atoms in total. The van der Waals surface area contributed by atoms with Crippen molar-refractivity contribution in [3.05, 3.63) is 46.5 Å². The molecule has 0 saturated heterocycles. The number of fused-ring (bicyclic) bond motifs is 4. The molecule has 0 aliphatic carbocycles. The fraction of sp³-hybridized carbons (Fsp3) is 0.368. The van der Waals surface area contributed by atoms with Gasteiger partial charge < -0.3 is 19.7 Å². The lowest BCUT2D eigenvalue weighted by Crippen LogP contribution is -2.39. The van der Waals surface area contributed by atoms with Gasteiger partial charge >= 0.3 is 0 Å². The average molecular weight is 327 g/mol. The molecule has 0 unspecified atom stereocenters. The summed E-state index contributed by atoms with van der Waals surface area (Å²) in [5, 5.41) is 20.3.